The lowest BCUT2D eigenvalue weighted by Crippen LogP contribution is -2.41. The fourth-order valence-corrected chi connectivity index (χ4v) is 5.33. The van der Waals surface area contributed by atoms with E-state index in [0.717, 1.165) is 17.1 Å². The summed E-state index contributed by atoms with van der Waals surface area (Å²) in [7, 11) is -3.00. The molecule has 3 N–H and O–H groups in total. The van der Waals surface area contributed by atoms with Crippen molar-refractivity contribution in [2.24, 2.45) is 4.99 Å². The third-order valence-electron chi connectivity index (χ3n) is 4.24. The molecule has 1 unspecified atom stereocenters. The molecule has 1 atom stereocenters. The van der Waals surface area contributed by atoms with Crippen molar-refractivity contribution >= 4 is 33.5 Å². The highest BCUT2D eigenvalue weighted by molar-refractivity contribution is 7.99. The van der Waals surface area contributed by atoms with Crippen LogP contribution >= 0.6 is 11.8 Å². The molecule has 0 saturated carbocycles. The molecule has 0 spiro atoms. The summed E-state index contributed by atoms with van der Waals surface area (Å²) < 4.78 is 35.8. The number of nitrogens with one attached hydrogen (secondary N) is 3. The number of carbonyl (C=O) groups is 1. The number of benzene rings is 1. The van der Waals surface area contributed by atoms with Gasteiger partial charge in [-0.05, 0) is 49.8 Å². The first-order valence-electron chi connectivity index (χ1n) is 9.78. The van der Waals surface area contributed by atoms with Gasteiger partial charge in [-0.3, -0.25) is 9.79 Å². The molecule has 10 heteroatoms. The molecule has 162 valence electrons. The Kier molecular flexibility index (Phi) is 9.72. The average molecular weight is 445 g/mol. The van der Waals surface area contributed by atoms with Crippen LogP contribution in [0.3, 0.4) is 0 Å². The molecule has 1 fully saturated rings. The lowest BCUT2D eigenvalue weighted by molar-refractivity contribution is -0.121. The summed E-state index contributed by atoms with van der Waals surface area (Å²) in [4.78, 5) is 17.5. The summed E-state index contributed by atoms with van der Waals surface area (Å²) >= 11 is 1.66. The van der Waals surface area contributed by atoms with Crippen molar-refractivity contribution in [2.75, 3.05) is 36.9 Å². The topological polar surface area (TPSA) is 99.7 Å². The van der Waals surface area contributed by atoms with E-state index in [2.05, 4.69) is 20.9 Å². The number of sulfone groups is 1. The first kappa shape index (κ1) is 23.5. The summed E-state index contributed by atoms with van der Waals surface area (Å²) in [6.45, 7) is 3.73. The van der Waals surface area contributed by atoms with Gasteiger partial charge in [-0.15, -0.1) is 11.8 Å². The maximum atomic E-state index is 12.9. The second kappa shape index (κ2) is 12.0. The van der Waals surface area contributed by atoms with Crippen molar-refractivity contribution in [2.45, 2.75) is 37.1 Å². The molecule has 1 heterocycles. The van der Waals surface area contributed by atoms with E-state index in [-0.39, 0.29) is 35.7 Å². The van der Waals surface area contributed by atoms with Crippen LogP contribution in [0, 0.1) is 5.82 Å². The van der Waals surface area contributed by atoms with Crippen molar-refractivity contribution in [3.05, 3.63) is 30.1 Å². The number of halogens is 1. The van der Waals surface area contributed by atoms with Crippen LogP contribution in [-0.4, -0.2) is 63.2 Å². The van der Waals surface area contributed by atoms with Gasteiger partial charge in [0.25, 0.3) is 0 Å². The Labute approximate surface area is 176 Å². The fourth-order valence-electron chi connectivity index (χ4n) is 2.82. The molecule has 2 rings (SSSR count). The third-order valence-corrected chi connectivity index (χ3v) is 7.11. The first-order chi connectivity index (χ1) is 13.9. The minimum atomic E-state index is -3.00. The number of guanidine groups is 1. The maximum Gasteiger partial charge on any atom is 0.222 e. The van der Waals surface area contributed by atoms with E-state index in [0.29, 0.717) is 32.0 Å². The number of amides is 1. The van der Waals surface area contributed by atoms with E-state index in [4.69, 9.17) is 0 Å². The van der Waals surface area contributed by atoms with Gasteiger partial charge < -0.3 is 16.0 Å². The van der Waals surface area contributed by atoms with E-state index in [1.54, 1.807) is 23.9 Å². The van der Waals surface area contributed by atoms with Crippen LogP contribution in [-0.2, 0) is 14.6 Å². The smallest absolute Gasteiger partial charge is 0.222 e. The lowest BCUT2D eigenvalue weighted by Gasteiger charge is -2.13. The van der Waals surface area contributed by atoms with Gasteiger partial charge in [0.05, 0.1) is 11.5 Å². The van der Waals surface area contributed by atoms with Gasteiger partial charge in [-0.1, -0.05) is 0 Å². The zero-order chi connectivity index (χ0) is 21.1. The summed E-state index contributed by atoms with van der Waals surface area (Å²) in [5.41, 5.74) is 0. The molecule has 1 aliphatic rings. The van der Waals surface area contributed by atoms with E-state index in [9.17, 15) is 17.6 Å². The Morgan fingerprint density at radius 2 is 2.03 bits per heavy atom. The van der Waals surface area contributed by atoms with Crippen LogP contribution in [0.5, 0.6) is 0 Å². The number of aliphatic imine (C=N–C) groups is 1. The number of nitrogens with zero attached hydrogens (tertiary/aromatic N) is 1. The number of thioether (sulfide) groups is 1. The summed E-state index contributed by atoms with van der Waals surface area (Å²) in [6.07, 6.45) is 1.61. The van der Waals surface area contributed by atoms with Crippen molar-refractivity contribution in [3.8, 4) is 0 Å². The third kappa shape index (κ3) is 9.49. The van der Waals surface area contributed by atoms with Gasteiger partial charge in [-0.2, -0.15) is 0 Å². The van der Waals surface area contributed by atoms with Gasteiger partial charge in [0.15, 0.2) is 15.8 Å². The Morgan fingerprint density at radius 3 is 2.69 bits per heavy atom. The molecule has 1 aromatic carbocycles. The molecule has 0 bridgehead atoms. The largest absolute Gasteiger partial charge is 0.357 e. The van der Waals surface area contributed by atoms with Gasteiger partial charge in [0, 0.05) is 37.0 Å². The average Bonchev–Trinajstić information content (AvgIpc) is 3.01. The molecule has 1 amide bonds. The molecular formula is C19H29FN4O3S2. The molecule has 0 radical (unpaired) electrons. The van der Waals surface area contributed by atoms with Crippen LogP contribution in [0.25, 0.3) is 0 Å². The van der Waals surface area contributed by atoms with E-state index < -0.39 is 9.84 Å². The molecule has 1 saturated heterocycles. The van der Waals surface area contributed by atoms with Gasteiger partial charge >= 0.3 is 0 Å². The number of carbonyl (C=O) groups excluding carboxylic acids is 1. The molecule has 0 aliphatic carbocycles. The minimum absolute atomic E-state index is 0.0339. The zero-order valence-corrected chi connectivity index (χ0v) is 18.3. The second-order valence-corrected chi connectivity index (χ2v) is 10.2. The van der Waals surface area contributed by atoms with E-state index >= 15 is 0 Å². The van der Waals surface area contributed by atoms with Crippen LogP contribution in [0.1, 0.15) is 26.2 Å². The van der Waals surface area contributed by atoms with Crippen molar-refractivity contribution < 1.29 is 17.6 Å². The minimum Gasteiger partial charge on any atom is -0.357 e. The van der Waals surface area contributed by atoms with Gasteiger partial charge in [-0.25, -0.2) is 12.8 Å². The summed E-state index contributed by atoms with van der Waals surface area (Å²) in [6, 6.07) is 6.17. The lowest BCUT2D eigenvalue weighted by atomic mass is 10.2. The number of hydrogen-bond donors (Lipinski definition) is 3. The Bertz CT molecular complexity index is 785. The van der Waals surface area contributed by atoms with Crippen molar-refractivity contribution in [1.29, 1.82) is 0 Å². The zero-order valence-electron chi connectivity index (χ0n) is 16.6. The highest BCUT2D eigenvalue weighted by atomic mass is 32.2. The van der Waals surface area contributed by atoms with E-state index in [1.807, 2.05) is 6.92 Å². The highest BCUT2D eigenvalue weighted by Gasteiger charge is 2.28. The molecule has 0 aromatic heterocycles. The number of hydrogen-bond acceptors (Lipinski definition) is 5. The molecule has 1 aromatic rings. The van der Waals surface area contributed by atoms with E-state index in [1.165, 1.54) is 12.1 Å². The van der Waals surface area contributed by atoms with Crippen molar-refractivity contribution in [1.82, 2.24) is 16.0 Å². The van der Waals surface area contributed by atoms with Gasteiger partial charge in [0.2, 0.25) is 5.91 Å². The summed E-state index contributed by atoms with van der Waals surface area (Å²) in [5, 5.41) is 9.03. The highest BCUT2D eigenvalue weighted by Crippen LogP contribution is 2.18. The Hall–Kier alpha value is -1.81. The Morgan fingerprint density at radius 1 is 1.28 bits per heavy atom. The second-order valence-electron chi connectivity index (χ2n) is 6.76. The predicted molar refractivity (Wildman–Crippen MR) is 116 cm³/mol. The maximum absolute atomic E-state index is 12.9. The predicted octanol–water partition coefficient (Wildman–Crippen LogP) is 1.56. The molecular weight excluding hydrogens is 415 g/mol. The monoisotopic (exact) mass is 444 g/mol. The standard InChI is InChI=1S/C19H29FN4O3S2/c1-2-21-19(22-10-3-12-28-17-6-4-15(20)5-7-17)23-11-8-18(25)24-16-9-13-29(26,27)14-16/h4-7,16H,2-3,8-14H2,1H3,(H,24,25)(H2,21,22,23). The molecule has 7 nitrogen and oxygen atoms in total. The van der Waals surface area contributed by atoms with Crippen LogP contribution in [0.4, 0.5) is 4.39 Å². The fraction of sp³-hybridized carbons (Fsp3) is 0.579. The number of rotatable bonds is 10. The van der Waals surface area contributed by atoms with Crippen LogP contribution in [0.2, 0.25) is 0 Å². The first-order valence-corrected chi connectivity index (χ1v) is 12.6. The Balaban J connectivity index is 1.63. The van der Waals surface area contributed by atoms with Crippen LogP contribution in [0.15, 0.2) is 34.2 Å². The SMILES string of the molecule is CCNC(=NCCCSc1ccc(F)cc1)NCCC(=O)NC1CCS(=O)(=O)C1. The quantitative estimate of drug-likeness (QED) is 0.219. The molecule has 1 aliphatic heterocycles. The normalized spacial score (nSPS) is 18.4. The van der Waals surface area contributed by atoms with Crippen LogP contribution < -0.4 is 16.0 Å². The molecule has 29 heavy (non-hydrogen) atoms. The van der Waals surface area contributed by atoms with Crippen molar-refractivity contribution in [3.63, 3.8) is 0 Å². The van der Waals surface area contributed by atoms with Gasteiger partial charge in [0.1, 0.15) is 5.82 Å². The summed E-state index contributed by atoms with van der Waals surface area (Å²) in [5.74, 6) is 1.31.